The van der Waals surface area contributed by atoms with Crippen LogP contribution in [0.2, 0.25) is 0 Å². The molecule has 0 aliphatic heterocycles. The number of aryl methyl sites for hydroxylation is 1. The van der Waals surface area contributed by atoms with Crippen LogP contribution in [0.4, 0.5) is 0 Å². The Morgan fingerprint density at radius 3 is 2.38 bits per heavy atom. The van der Waals surface area contributed by atoms with Crippen molar-refractivity contribution in [1.29, 1.82) is 0 Å². The number of rotatable bonds is 7. The molecule has 0 aliphatic carbocycles. The molecule has 1 amide bonds. The SMILES string of the molecule is COC(=O)CCc1c(C)nn(-c2ccc(C(=O)NCc3ccccc3)cc2)c1C. The van der Waals surface area contributed by atoms with Crippen LogP contribution in [0.5, 0.6) is 0 Å². The molecule has 0 radical (unpaired) electrons. The van der Waals surface area contributed by atoms with Crippen LogP contribution in [0.1, 0.15) is 39.3 Å². The molecule has 0 bridgehead atoms. The van der Waals surface area contributed by atoms with E-state index in [4.69, 9.17) is 4.74 Å². The first-order valence-corrected chi connectivity index (χ1v) is 9.54. The van der Waals surface area contributed by atoms with E-state index in [1.54, 1.807) is 12.1 Å². The Morgan fingerprint density at radius 2 is 1.72 bits per heavy atom. The molecule has 3 rings (SSSR count). The molecule has 1 aromatic heterocycles. The normalized spacial score (nSPS) is 10.6. The van der Waals surface area contributed by atoms with Gasteiger partial charge in [-0.2, -0.15) is 5.10 Å². The van der Waals surface area contributed by atoms with Crippen molar-refractivity contribution < 1.29 is 14.3 Å². The van der Waals surface area contributed by atoms with Crippen LogP contribution in [0, 0.1) is 13.8 Å². The summed E-state index contributed by atoms with van der Waals surface area (Å²) >= 11 is 0. The predicted molar refractivity (Wildman–Crippen MR) is 111 cm³/mol. The van der Waals surface area contributed by atoms with Gasteiger partial charge >= 0.3 is 5.97 Å². The summed E-state index contributed by atoms with van der Waals surface area (Å²) in [6.07, 6.45) is 0.911. The number of amides is 1. The minimum Gasteiger partial charge on any atom is -0.469 e. The quantitative estimate of drug-likeness (QED) is 0.626. The van der Waals surface area contributed by atoms with Gasteiger partial charge in [-0.25, -0.2) is 4.68 Å². The second-order valence-electron chi connectivity index (χ2n) is 6.85. The van der Waals surface area contributed by atoms with Crippen LogP contribution in [0.3, 0.4) is 0 Å². The molecule has 0 atom stereocenters. The standard InChI is InChI=1S/C23H25N3O3/c1-16-21(13-14-22(27)29-3)17(2)26(25-16)20-11-9-19(10-12-20)23(28)24-15-18-7-5-4-6-8-18/h4-12H,13-15H2,1-3H3,(H,24,28). The molecular formula is C23H25N3O3. The third-order valence-electron chi connectivity index (χ3n) is 4.92. The maximum Gasteiger partial charge on any atom is 0.305 e. The average Bonchev–Trinajstić information content (AvgIpc) is 3.04. The molecule has 150 valence electrons. The molecule has 0 spiro atoms. The van der Waals surface area contributed by atoms with Crippen molar-refractivity contribution in [3.05, 3.63) is 82.7 Å². The Labute approximate surface area is 170 Å². The third kappa shape index (κ3) is 4.90. The number of carbonyl (C=O) groups excluding carboxylic acids is 2. The third-order valence-corrected chi connectivity index (χ3v) is 4.92. The van der Waals surface area contributed by atoms with Crippen molar-refractivity contribution >= 4 is 11.9 Å². The maximum atomic E-state index is 12.4. The van der Waals surface area contributed by atoms with Crippen molar-refractivity contribution in [3.8, 4) is 5.69 Å². The molecule has 6 nitrogen and oxygen atoms in total. The summed E-state index contributed by atoms with van der Waals surface area (Å²) in [6, 6.07) is 17.1. The van der Waals surface area contributed by atoms with Gasteiger partial charge in [-0.15, -0.1) is 0 Å². The number of nitrogens with one attached hydrogen (secondary N) is 1. The molecule has 6 heteroatoms. The van der Waals surface area contributed by atoms with Crippen molar-refractivity contribution in [2.75, 3.05) is 7.11 Å². The Bertz CT molecular complexity index is 992. The predicted octanol–water partition coefficient (Wildman–Crippen LogP) is 3.52. The van der Waals surface area contributed by atoms with E-state index in [2.05, 4.69) is 10.4 Å². The molecule has 0 aliphatic rings. The fourth-order valence-corrected chi connectivity index (χ4v) is 3.25. The van der Waals surface area contributed by atoms with E-state index in [0.29, 0.717) is 24.9 Å². The first-order valence-electron chi connectivity index (χ1n) is 9.54. The Kier molecular flexibility index (Phi) is 6.44. The number of ether oxygens (including phenoxy) is 1. The number of esters is 1. The number of methoxy groups -OCH3 is 1. The molecule has 29 heavy (non-hydrogen) atoms. The van der Waals surface area contributed by atoms with E-state index in [0.717, 1.165) is 28.2 Å². The van der Waals surface area contributed by atoms with E-state index in [1.807, 2.05) is 61.0 Å². The first-order chi connectivity index (χ1) is 14.0. The maximum absolute atomic E-state index is 12.4. The molecule has 0 unspecified atom stereocenters. The Morgan fingerprint density at radius 1 is 1.03 bits per heavy atom. The minimum absolute atomic E-state index is 0.118. The van der Waals surface area contributed by atoms with Crippen molar-refractivity contribution in [1.82, 2.24) is 15.1 Å². The lowest BCUT2D eigenvalue weighted by Crippen LogP contribution is -2.22. The summed E-state index contributed by atoms with van der Waals surface area (Å²) in [5.74, 6) is -0.352. The number of hydrogen-bond acceptors (Lipinski definition) is 4. The summed E-state index contributed by atoms with van der Waals surface area (Å²) in [4.78, 5) is 23.8. The summed E-state index contributed by atoms with van der Waals surface area (Å²) < 4.78 is 6.56. The van der Waals surface area contributed by atoms with E-state index in [-0.39, 0.29) is 11.9 Å². The monoisotopic (exact) mass is 391 g/mol. The molecule has 0 fully saturated rings. The summed E-state index contributed by atoms with van der Waals surface area (Å²) in [7, 11) is 1.39. The second-order valence-corrected chi connectivity index (χ2v) is 6.85. The number of benzene rings is 2. The van der Waals surface area contributed by atoms with Gasteiger partial charge in [-0.05, 0) is 55.7 Å². The first kappa shape index (κ1) is 20.3. The molecule has 0 saturated heterocycles. The lowest BCUT2D eigenvalue weighted by Gasteiger charge is -2.08. The number of carbonyl (C=O) groups is 2. The van der Waals surface area contributed by atoms with Gasteiger partial charge in [0.1, 0.15) is 0 Å². The van der Waals surface area contributed by atoms with Gasteiger partial charge in [0.15, 0.2) is 0 Å². The zero-order valence-corrected chi connectivity index (χ0v) is 16.9. The second kappa shape index (κ2) is 9.19. The smallest absolute Gasteiger partial charge is 0.305 e. The highest BCUT2D eigenvalue weighted by Crippen LogP contribution is 2.20. The highest BCUT2D eigenvalue weighted by Gasteiger charge is 2.15. The minimum atomic E-state index is -0.234. The topological polar surface area (TPSA) is 73.2 Å². The molecule has 1 N–H and O–H groups in total. The van der Waals surface area contributed by atoms with Gasteiger partial charge in [-0.1, -0.05) is 30.3 Å². The largest absolute Gasteiger partial charge is 0.469 e. The number of nitrogens with zero attached hydrogens (tertiary/aromatic N) is 2. The van der Waals surface area contributed by atoms with Crippen molar-refractivity contribution in [3.63, 3.8) is 0 Å². The summed E-state index contributed by atoms with van der Waals surface area (Å²) in [5, 5.41) is 7.53. The fraction of sp³-hybridized carbons (Fsp3) is 0.261. The molecule has 0 saturated carbocycles. The van der Waals surface area contributed by atoms with E-state index in [9.17, 15) is 9.59 Å². The van der Waals surface area contributed by atoms with Gasteiger partial charge < -0.3 is 10.1 Å². The highest BCUT2D eigenvalue weighted by molar-refractivity contribution is 5.94. The lowest BCUT2D eigenvalue weighted by atomic mass is 10.1. The zero-order valence-electron chi connectivity index (χ0n) is 16.9. The van der Waals surface area contributed by atoms with Crippen molar-refractivity contribution in [2.24, 2.45) is 0 Å². The molecular weight excluding hydrogens is 366 g/mol. The van der Waals surface area contributed by atoms with Gasteiger partial charge in [-0.3, -0.25) is 9.59 Å². The molecule has 1 heterocycles. The van der Waals surface area contributed by atoms with Crippen molar-refractivity contribution in [2.45, 2.75) is 33.2 Å². The van der Waals surface area contributed by atoms with Gasteiger partial charge in [0.2, 0.25) is 0 Å². The summed E-state index contributed by atoms with van der Waals surface area (Å²) in [5.41, 5.74) is 5.43. The lowest BCUT2D eigenvalue weighted by molar-refractivity contribution is -0.140. The van der Waals surface area contributed by atoms with Crippen LogP contribution < -0.4 is 5.32 Å². The van der Waals surface area contributed by atoms with Gasteiger partial charge in [0, 0.05) is 24.2 Å². The molecule has 2 aromatic carbocycles. The van der Waals surface area contributed by atoms with Gasteiger partial charge in [0.05, 0.1) is 18.5 Å². The zero-order chi connectivity index (χ0) is 20.8. The van der Waals surface area contributed by atoms with E-state index < -0.39 is 0 Å². The fourth-order valence-electron chi connectivity index (χ4n) is 3.25. The van der Waals surface area contributed by atoms with Crippen LogP contribution in [0.15, 0.2) is 54.6 Å². The average molecular weight is 391 g/mol. The number of hydrogen-bond donors (Lipinski definition) is 1. The van der Waals surface area contributed by atoms with Crippen LogP contribution in [-0.4, -0.2) is 28.8 Å². The molecule has 3 aromatic rings. The van der Waals surface area contributed by atoms with E-state index >= 15 is 0 Å². The number of aromatic nitrogens is 2. The van der Waals surface area contributed by atoms with Crippen LogP contribution >= 0.6 is 0 Å². The van der Waals surface area contributed by atoms with Gasteiger partial charge in [0.25, 0.3) is 5.91 Å². The Hall–Kier alpha value is -3.41. The summed E-state index contributed by atoms with van der Waals surface area (Å²) in [6.45, 7) is 4.40. The highest BCUT2D eigenvalue weighted by atomic mass is 16.5. The van der Waals surface area contributed by atoms with Crippen LogP contribution in [-0.2, 0) is 22.5 Å². The Balaban J connectivity index is 1.70. The van der Waals surface area contributed by atoms with E-state index in [1.165, 1.54) is 7.11 Å². The van der Waals surface area contributed by atoms with Crippen LogP contribution in [0.25, 0.3) is 5.69 Å².